The topological polar surface area (TPSA) is 83.8 Å². The molecule has 2 aromatic carbocycles. The van der Waals surface area contributed by atoms with Crippen molar-refractivity contribution in [2.75, 3.05) is 7.05 Å². The number of benzene rings is 2. The molecule has 0 unspecified atom stereocenters. The Balaban J connectivity index is 1.82. The Morgan fingerprint density at radius 1 is 1.21 bits per heavy atom. The number of nitro benzene ring substituents is 1. The van der Waals surface area contributed by atoms with Crippen LogP contribution in [-0.2, 0) is 9.59 Å². The number of carbonyl (C=O) groups excluding carboxylic acids is 2. The van der Waals surface area contributed by atoms with E-state index in [0.717, 1.165) is 11.1 Å². The van der Waals surface area contributed by atoms with Crippen LogP contribution >= 0.6 is 0 Å². The lowest BCUT2D eigenvalue weighted by Gasteiger charge is -2.34. The van der Waals surface area contributed by atoms with Gasteiger partial charge in [-0.05, 0) is 29.7 Å². The monoisotopic (exact) mass is 393 g/mol. The largest absolute Gasteiger partial charge is 0.339 e. The first-order chi connectivity index (χ1) is 13.8. The van der Waals surface area contributed by atoms with Gasteiger partial charge in [-0.3, -0.25) is 19.7 Å². The average Bonchev–Trinajstić information content (AvgIpc) is 2.72. The van der Waals surface area contributed by atoms with Gasteiger partial charge in [-0.1, -0.05) is 36.4 Å². The van der Waals surface area contributed by atoms with E-state index in [0.29, 0.717) is 5.56 Å². The summed E-state index contributed by atoms with van der Waals surface area (Å²) >= 11 is 0. The van der Waals surface area contributed by atoms with Crippen molar-refractivity contribution in [3.8, 4) is 0 Å². The van der Waals surface area contributed by atoms with Gasteiger partial charge in [-0.2, -0.15) is 0 Å². The fourth-order valence-corrected chi connectivity index (χ4v) is 3.56. The van der Waals surface area contributed by atoms with Crippen molar-refractivity contribution in [1.29, 1.82) is 0 Å². The molecule has 0 saturated carbocycles. The van der Waals surface area contributed by atoms with E-state index in [1.165, 1.54) is 19.1 Å². The molecule has 2 atom stereocenters. The third-order valence-electron chi connectivity index (χ3n) is 5.37. The van der Waals surface area contributed by atoms with Crippen molar-refractivity contribution in [3.05, 3.63) is 81.5 Å². The van der Waals surface area contributed by atoms with Gasteiger partial charge in [0.2, 0.25) is 11.8 Å². The molecule has 3 rings (SSSR count). The van der Waals surface area contributed by atoms with Crippen LogP contribution < -0.4 is 0 Å². The van der Waals surface area contributed by atoms with Crippen LogP contribution in [0.4, 0.5) is 5.69 Å². The number of hydrogen-bond donors (Lipinski definition) is 0. The number of nitrogens with zero attached hydrogens (tertiary/aromatic N) is 3. The minimum atomic E-state index is -0.450. The molecule has 29 heavy (non-hydrogen) atoms. The highest BCUT2D eigenvalue weighted by molar-refractivity contribution is 5.82. The molecule has 0 N–H and O–H groups in total. The Bertz CT molecular complexity index is 986. The highest BCUT2D eigenvalue weighted by Crippen LogP contribution is 2.34. The molecule has 7 nitrogen and oxygen atoms in total. The quantitative estimate of drug-likeness (QED) is 0.566. The van der Waals surface area contributed by atoms with Crippen LogP contribution in [0.15, 0.2) is 54.7 Å². The smallest absolute Gasteiger partial charge is 0.269 e. The molecule has 2 aromatic rings. The molecule has 150 valence electrons. The third kappa shape index (κ3) is 4.18. The lowest BCUT2D eigenvalue weighted by atomic mass is 9.93. The minimum Gasteiger partial charge on any atom is -0.339 e. The van der Waals surface area contributed by atoms with E-state index in [9.17, 15) is 19.7 Å². The zero-order valence-corrected chi connectivity index (χ0v) is 16.6. The second kappa shape index (κ2) is 8.26. The molecule has 0 spiro atoms. The van der Waals surface area contributed by atoms with Gasteiger partial charge in [0, 0.05) is 32.3 Å². The lowest BCUT2D eigenvalue weighted by Crippen LogP contribution is -2.36. The molecule has 7 heteroatoms. The molecule has 1 aliphatic heterocycles. The fourth-order valence-electron chi connectivity index (χ4n) is 3.56. The molecule has 0 fully saturated rings. The van der Waals surface area contributed by atoms with Crippen LogP contribution in [0.3, 0.4) is 0 Å². The first kappa shape index (κ1) is 20.3. The van der Waals surface area contributed by atoms with Gasteiger partial charge in [0.05, 0.1) is 23.4 Å². The second-order valence-corrected chi connectivity index (χ2v) is 7.12. The summed E-state index contributed by atoms with van der Waals surface area (Å²) in [6.07, 6.45) is 3.70. The Hall–Kier alpha value is -3.48. The summed E-state index contributed by atoms with van der Waals surface area (Å²) in [7, 11) is 1.68. The predicted octanol–water partition coefficient (Wildman–Crippen LogP) is 4.08. The minimum absolute atomic E-state index is 0.00991. The summed E-state index contributed by atoms with van der Waals surface area (Å²) in [6.45, 7) is 3.31. The molecule has 0 bridgehead atoms. The lowest BCUT2D eigenvalue weighted by molar-refractivity contribution is -0.384. The first-order valence-corrected chi connectivity index (χ1v) is 9.35. The Labute approximate surface area is 169 Å². The molecule has 0 saturated heterocycles. The van der Waals surface area contributed by atoms with Crippen molar-refractivity contribution in [2.24, 2.45) is 0 Å². The molecular weight excluding hydrogens is 370 g/mol. The molecule has 0 radical (unpaired) electrons. The van der Waals surface area contributed by atoms with Crippen LogP contribution in [0.2, 0.25) is 0 Å². The van der Waals surface area contributed by atoms with Crippen molar-refractivity contribution in [1.82, 2.24) is 9.80 Å². The van der Waals surface area contributed by atoms with Gasteiger partial charge in [0.25, 0.3) is 5.69 Å². The van der Waals surface area contributed by atoms with E-state index in [2.05, 4.69) is 0 Å². The zero-order valence-electron chi connectivity index (χ0n) is 16.6. The molecule has 2 amide bonds. The third-order valence-corrected chi connectivity index (χ3v) is 5.37. The van der Waals surface area contributed by atoms with Gasteiger partial charge in [0.15, 0.2) is 0 Å². The van der Waals surface area contributed by atoms with Crippen molar-refractivity contribution >= 4 is 23.6 Å². The molecular formula is C22H23N3O4. The maximum Gasteiger partial charge on any atom is 0.269 e. The molecule has 0 aromatic heterocycles. The summed E-state index contributed by atoms with van der Waals surface area (Å²) in [5.74, 6) is -0.284. The Morgan fingerprint density at radius 3 is 2.62 bits per heavy atom. The van der Waals surface area contributed by atoms with E-state index in [1.54, 1.807) is 35.2 Å². The average molecular weight is 393 g/mol. The van der Waals surface area contributed by atoms with Crippen LogP contribution in [0, 0.1) is 10.1 Å². The predicted molar refractivity (Wildman–Crippen MR) is 110 cm³/mol. The summed E-state index contributed by atoms with van der Waals surface area (Å²) in [6, 6.07) is 13.2. The Morgan fingerprint density at radius 2 is 1.93 bits per heavy atom. The number of nitro groups is 1. The highest BCUT2D eigenvalue weighted by atomic mass is 16.6. The van der Waals surface area contributed by atoms with Crippen molar-refractivity contribution in [3.63, 3.8) is 0 Å². The van der Waals surface area contributed by atoms with E-state index >= 15 is 0 Å². The van der Waals surface area contributed by atoms with Gasteiger partial charge >= 0.3 is 0 Å². The van der Waals surface area contributed by atoms with E-state index in [4.69, 9.17) is 0 Å². The Kier molecular flexibility index (Phi) is 5.77. The van der Waals surface area contributed by atoms with Crippen molar-refractivity contribution in [2.45, 2.75) is 32.4 Å². The van der Waals surface area contributed by atoms with Gasteiger partial charge in [0.1, 0.15) is 0 Å². The van der Waals surface area contributed by atoms with Gasteiger partial charge in [-0.15, -0.1) is 0 Å². The maximum atomic E-state index is 13.1. The summed E-state index contributed by atoms with van der Waals surface area (Å²) < 4.78 is 0. The summed E-state index contributed by atoms with van der Waals surface area (Å²) in [4.78, 5) is 38.9. The normalized spacial score (nSPS) is 16.1. The zero-order chi connectivity index (χ0) is 21.1. The number of rotatable bonds is 5. The number of amides is 2. The van der Waals surface area contributed by atoms with Gasteiger partial charge < -0.3 is 9.80 Å². The number of non-ortho nitro benzene ring substituents is 1. The second-order valence-electron chi connectivity index (χ2n) is 7.12. The maximum absolute atomic E-state index is 13.1. The van der Waals surface area contributed by atoms with Crippen molar-refractivity contribution < 1.29 is 14.5 Å². The van der Waals surface area contributed by atoms with Crippen LogP contribution in [0.25, 0.3) is 6.08 Å². The SMILES string of the molecule is CC(=O)N1C=Cc2ccccc2[C@H]1CC(=O)N(C)[C@H](C)c1cccc([N+](=O)[O-])c1. The van der Waals surface area contributed by atoms with E-state index in [1.807, 2.05) is 37.3 Å². The number of hydrogen-bond acceptors (Lipinski definition) is 4. The number of fused-ring (bicyclic) bond motifs is 1. The van der Waals surface area contributed by atoms with Gasteiger partial charge in [-0.25, -0.2) is 0 Å². The van der Waals surface area contributed by atoms with E-state index < -0.39 is 4.92 Å². The first-order valence-electron chi connectivity index (χ1n) is 9.35. The number of carbonyl (C=O) groups is 2. The summed E-state index contributed by atoms with van der Waals surface area (Å²) in [5.41, 5.74) is 2.58. The molecule has 1 aliphatic rings. The van der Waals surface area contributed by atoms with E-state index in [-0.39, 0.29) is 36.0 Å². The van der Waals surface area contributed by atoms with Crippen LogP contribution in [-0.4, -0.2) is 33.6 Å². The highest BCUT2D eigenvalue weighted by Gasteiger charge is 2.30. The summed E-state index contributed by atoms with van der Waals surface area (Å²) in [5, 5.41) is 11.0. The standard InChI is InChI=1S/C22H23N3O4/c1-15(18-8-6-9-19(13-18)25(28)29)23(3)22(27)14-21-20-10-5-4-7-17(20)11-12-24(21)16(2)26/h4-13,15,21H,14H2,1-3H3/t15-,21-/m1/s1. The molecule has 1 heterocycles. The fraction of sp³-hybridized carbons (Fsp3) is 0.273. The van der Waals surface area contributed by atoms with Crippen LogP contribution in [0.5, 0.6) is 0 Å². The molecule has 0 aliphatic carbocycles. The van der Waals surface area contributed by atoms with Crippen LogP contribution in [0.1, 0.15) is 49.0 Å².